The third-order valence-corrected chi connectivity index (χ3v) is 9.67. The van der Waals surface area contributed by atoms with Crippen molar-refractivity contribution in [3.05, 3.63) is 70.3 Å². The molecule has 1 aliphatic heterocycles. The molecule has 4 rings (SSSR count). The molecule has 0 spiro atoms. The Balaban J connectivity index is 1.63. The number of nitrogens with zero attached hydrogens (tertiary/aromatic N) is 3. The molecule has 1 aliphatic carbocycles. The smallest absolute Gasteiger partial charge is 0.417 e. The fraction of sp³-hybridized carbons (Fsp3) is 0.500. The minimum absolute atomic E-state index is 0.0258. The highest BCUT2D eigenvalue weighted by molar-refractivity contribution is 6.36. The van der Waals surface area contributed by atoms with Crippen molar-refractivity contribution in [1.29, 1.82) is 0 Å². The van der Waals surface area contributed by atoms with Crippen molar-refractivity contribution in [2.24, 2.45) is 5.73 Å². The second kappa shape index (κ2) is 19.2. The fourth-order valence-corrected chi connectivity index (χ4v) is 6.88. The summed E-state index contributed by atoms with van der Waals surface area (Å²) < 4.78 is 16.2. The topological polar surface area (TPSA) is 247 Å². The quantitative estimate of drug-likeness (QED) is 0.0905. The van der Waals surface area contributed by atoms with Crippen molar-refractivity contribution < 1.29 is 52.7 Å². The van der Waals surface area contributed by atoms with E-state index >= 15 is 0 Å². The van der Waals surface area contributed by atoms with Gasteiger partial charge in [0.25, 0.3) is 5.69 Å². The van der Waals surface area contributed by atoms with Crippen LogP contribution in [0.15, 0.2) is 54.6 Å². The Bertz CT molecular complexity index is 1790. The van der Waals surface area contributed by atoms with Gasteiger partial charge in [0.2, 0.25) is 23.1 Å². The van der Waals surface area contributed by atoms with Crippen molar-refractivity contribution in [2.45, 2.75) is 102 Å². The van der Waals surface area contributed by atoms with Gasteiger partial charge in [-0.3, -0.25) is 39.0 Å². The molecule has 2 unspecified atom stereocenters. The Morgan fingerprint density at radius 3 is 2.30 bits per heavy atom. The van der Waals surface area contributed by atoms with Gasteiger partial charge in [-0.15, -0.1) is 0 Å². The third-order valence-electron chi connectivity index (χ3n) is 9.67. The predicted molar refractivity (Wildman–Crippen MR) is 198 cm³/mol. The summed E-state index contributed by atoms with van der Waals surface area (Å²) in [5, 5.41) is 16.4. The number of carbonyl (C=O) groups excluding carboxylic acids is 7. The number of methoxy groups -OCH3 is 1. The van der Waals surface area contributed by atoms with E-state index in [1.54, 1.807) is 30.3 Å². The summed E-state index contributed by atoms with van der Waals surface area (Å²) in [6.07, 6.45) is -2.94. The number of benzene rings is 2. The zero-order chi connectivity index (χ0) is 41.2. The number of Topliss-reactive ketones (excluding diaryl/α,β-unsaturated/α-hetero) is 3. The van der Waals surface area contributed by atoms with Gasteiger partial charge in [-0.05, 0) is 70.6 Å². The van der Waals surface area contributed by atoms with Crippen LogP contribution in [-0.4, -0.2) is 112 Å². The molecule has 18 heteroatoms. The maximum absolute atomic E-state index is 14.9. The van der Waals surface area contributed by atoms with Crippen molar-refractivity contribution in [2.75, 3.05) is 20.2 Å². The lowest BCUT2D eigenvalue weighted by molar-refractivity contribution is -0.384. The number of alkyl carbamates (subject to hydrolysis) is 1. The molecule has 5 atom stereocenters. The minimum Gasteiger partial charge on any atom is -0.445 e. The highest BCUT2D eigenvalue weighted by atomic mass is 16.6. The Morgan fingerprint density at radius 2 is 1.71 bits per heavy atom. The number of nitrogens with one attached hydrogen (secondary N) is 2. The summed E-state index contributed by atoms with van der Waals surface area (Å²) in [6, 6.07) is 9.05. The fourth-order valence-electron chi connectivity index (χ4n) is 6.88. The molecular formula is C38H48N6O12. The van der Waals surface area contributed by atoms with Gasteiger partial charge in [-0.2, -0.15) is 0 Å². The minimum atomic E-state index is -2.75. The highest BCUT2D eigenvalue weighted by Crippen LogP contribution is 2.38. The molecule has 56 heavy (non-hydrogen) atoms. The van der Waals surface area contributed by atoms with E-state index < -0.39 is 82.6 Å². The van der Waals surface area contributed by atoms with Crippen molar-refractivity contribution in [1.82, 2.24) is 20.4 Å². The summed E-state index contributed by atoms with van der Waals surface area (Å²) >= 11 is 0. The van der Waals surface area contributed by atoms with Crippen LogP contribution >= 0.6 is 0 Å². The van der Waals surface area contributed by atoms with E-state index in [1.165, 1.54) is 32.8 Å². The number of nitro groups is 1. The number of amides is 4. The molecule has 0 radical (unpaired) electrons. The first kappa shape index (κ1) is 43.0. The average Bonchev–Trinajstić information content (AvgIpc) is 3.76. The number of hydrogen-bond acceptors (Lipinski definition) is 13. The summed E-state index contributed by atoms with van der Waals surface area (Å²) in [7, 11) is 1.19. The van der Waals surface area contributed by atoms with Crippen LogP contribution in [0.5, 0.6) is 5.75 Å². The first-order valence-electron chi connectivity index (χ1n) is 18.3. The van der Waals surface area contributed by atoms with Gasteiger partial charge in [0, 0.05) is 44.8 Å². The normalized spacial score (nSPS) is 20.3. The van der Waals surface area contributed by atoms with Crippen LogP contribution in [0.25, 0.3) is 0 Å². The van der Waals surface area contributed by atoms with Crippen LogP contribution in [0, 0.1) is 10.1 Å². The Kier molecular flexibility index (Phi) is 14.7. The maximum atomic E-state index is 14.9. The van der Waals surface area contributed by atoms with E-state index in [1.807, 2.05) is 0 Å². The molecular weight excluding hydrogens is 732 g/mol. The van der Waals surface area contributed by atoms with Gasteiger partial charge in [0.05, 0.1) is 17.0 Å². The van der Waals surface area contributed by atoms with E-state index in [2.05, 4.69) is 10.6 Å². The number of likely N-dealkylation sites (tertiary alicyclic amines) is 1. The average molecular weight is 781 g/mol. The summed E-state index contributed by atoms with van der Waals surface area (Å²) in [5.74, 6) is -4.16. The zero-order valence-electron chi connectivity index (χ0n) is 31.8. The van der Waals surface area contributed by atoms with E-state index in [9.17, 15) is 43.7 Å². The number of unbranched alkanes of at least 4 members (excludes halogenated alkanes) is 1. The summed E-state index contributed by atoms with van der Waals surface area (Å²) in [5.41, 5.74) is 3.28. The summed E-state index contributed by atoms with van der Waals surface area (Å²) in [6.45, 7) is 4.68. The molecule has 2 aromatic carbocycles. The van der Waals surface area contributed by atoms with Gasteiger partial charge < -0.3 is 35.5 Å². The number of ether oxygens (including phenoxy) is 3. The maximum Gasteiger partial charge on any atom is 0.417 e. The predicted octanol–water partition coefficient (Wildman–Crippen LogP) is 2.59. The van der Waals surface area contributed by atoms with Crippen LogP contribution in [0.3, 0.4) is 0 Å². The second-order valence-corrected chi connectivity index (χ2v) is 13.9. The second-order valence-electron chi connectivity index (χ2n) is 13.9. The highest BCUT2D eigenvalue weighted by Gasteiger charge is 2.67. The Hall–Kier alpha value is -5.75. The lowest BCUT2D eigenvalue weighted by Gasteiger charge is -2.41. The Morgan fingerprint density at radius 1 is 1.04 bits per heavy atom. The largest absolute Gasteiger partial charge is 0.445 e. The lowest BCUT2D eigenvalue weighted by atomic mass is 9.82. The summed E-state index contributed by atoms with van der Waals surface area (Å²) in [4.78, 5) is 109. The molecule has 4 N–H and O–H groups in total. The number of rotatable bonds is 17. The molecule has 0 aromatic heterocycles. The molecule has 2 aliphatic rings. The van der Waals surface area contributed by atoms with Crippen LogP contribution in [0.1, 0.15) is 64.9 Å². The monoisotopic (exact) mass is 780 g/mol. The van der Waals surface area contributed by atoms with E-state index in [0.717, 1.165) is 29.2 Å². The number of non-ortho nitro benzene ring substituents is 1. The molecule has 1 heterocycles. The molecule has 18 nitrogen and oxygen atoms in total. The SMILES string of the molecule is COC1CC(=O)C(C(=O)[C@@H]2CCCN2C(=O)[C@H](CCCCNC(=O)[C@H](C)N)NC(=O)OCc2ccccc2)(N(C(=O)Oc2ccc([N+](=O)[O-])cc2)C(C)C)C1=O. The van der Waals surface area contributed by atoms with Gasteiger partial charge in [0.15, 0.2) is 11.6 Å². The van der Waals surface area contributed by atoms with Crippen LogP contribution in [0.2, 0.25) is 0 Å². The molecule has 4 amide bonds. The van der Waals surface area contributed by atoms with Crippen molar-refractivity contribution in [3.8, 4) is 5.75 Å². The number of nitro benzene ring substituents is 1. The van der Waals surface area contributed by atoms with Crippen LogP contribution in [-0.2, 0) is 40.1 Å². The number of ketones is 3. The molecule has 0 bridgehead atoms. The molecule has 2 aromatic rings. The van der Waals surface area contributed by atoms with E-state index in [-0.39, 0.29) is 56.3 Å². The Labute approximate surface area is 323 Å². The van der Waals surface area contributed by atoms with Gasteiger partial charge >= 0.3 is 12.2 Å². The number of carbonyl (C=O) groups is 7. The number of nitrogens with two attached hydrogens (primary N) is 1. The molecule has 1 saturated carbocycles. The van der Waals surface area contributed by atoms with Gasteiger partial charge in [-0.25, -0.2) is 9.59 Å². The first-order valence-corrected chi connectivity index (χ1v) is 18.3. The van der Waals surface area contributed by atoms with Crippen molar-refractivity contribution >= 4 is 47.0 Å². The third kappa shape index (κ3) is 9.72. The molecule has 1 saturated heterocycles. The number of hydrogen-bond donors (Lipinski definition) is 3. The molecule has 2 fully saturated rings. The van der Waals surface area contributed by atoms with Crippen LogP contribution < -0.4 is 21.1 Å². The van der Waals surface area contributed by atoms with Crippen LogP contribution in [0.4, 0.5) is 15.3 Å². The van der Waals surface area contributed by atoms with E-state index in [4.69, 9.17) is 19.9 Å². The first-order chi connectivity index (χ1) is 26.6. The van der Waals surface area contributed by atoms with Gasteiger partial charge in [-0.1, -0.05) is 30.3 Å². The molecule has 302 valence electrons. The van der Waals surface area contributed by atoms with Gasteiger partial charge in [0.1, 0.15) is 24.5 Å². The zero-order valence-corrected chi connectivity index (χ0v) is 31.8. The standard InChI is InChI=1S/C38H48N6O12/c1-23(2)43(37(51)56-27-17-15-26(16-18-27)44(52)53)38(31(45)21-30(54-4)33(38)47)32(46)29-14-10-20-42(29)35(49)28(13-8-9-19-40-34(48)24(3)39)41-36(50)55-22-25-11-6-5-7-12-25/h5-7,11-12,15-18,23-24,28-30H,8-10,13-14,19-22,39H2,1-4H3,(H,40,48)(H,41,50)/t24-,28-,29-,30?,38?/m0/s1. The van der Waals surface area contributed by atoms with Crippen molar-refractivity contribution in [3.63, 3.8) is 0 Å². The lowest BCUT2D eigenvalue weighted by Crippen LogP contribution is -2.70. The van der Waals surface area contributed by atoms with E-state index in [0.29, 0.717) is 18.4 Å².